The third-order valence-electron chi connectivity index (χ3n) is 2.70. The van der Waals surface area contributed by atoms with E-state index in [4.69, 9.17) is 5.73 Å². The van der Waals surface area contributed by atoms with Gasteiger partial charge in [0.15, 0.2) is 0 Å². The number of hydrogen-bond acceptors (Lipinski definition) is 6. The first kappa shape index (κ1) is 15.4. The molecule has 0 amide bonds. The number of nitrogens with one attached hydrogen (secondary N) is 1. The molecule has 114 valence electrons. The lowest BCUT2D eigenvalue weighted by molar-refractivity contribution is -0.385. The molecular weight excluding hydrogens is 308 g/mol. The lowest BCUT2D eigenvalue weighted by atomic mass is 10.2. The second-order valence-electron chi connectivity index (χ2n) is 4.24. The van der Waals surface area contributed by atoms with Crippen molar-refractivity contribution in [3.05, 3.63) is 64.2 Å². The highest BCUT2D eigenvalue weighted by atomic mass is 32.2. The predicted octanol–water partition coefficient (Wildman–Crippen LogP) is 1.49. The van der Waals surface area contributed by atoms with E-state index in [1.807, 2.05) is 4.83 Å². The first-order valence-corrected chi connectivity index (χ1v) is 7.52. The van der Waals surface area contributed by atoms with Crippen LogP contribution in [0.2, 0.25) is 0 Å². The molecule has 2 aromatic rings. The van der Waals surface area contributed by atoms with Crippen molar-refractivity contribution >= 4 is 27.6 Å². The van der Waals surface area contributed by atoms with Gasteiger partial charge < -0.3 is 5.73 Å². The number of nitro groups is 1. The Morgan fingerprint density at radius 1 is 1.14 bits per heavy atom. The number of nitro benzene ring substituents is 1. The number of nitrogens with zero attached hydrogens (tertiary/aromatic N) is 2. The summed E-state index contributed by atoms with van der Waals surface area (Å²) < 4.78 is 23.9. The van der Waals surface area contributed by atoms with E-state index in [-0.39, 0.29) is 16.1 Å². The van der Waals surface area contributed by atoms with Gasteiger partial charge in [-0.15, -0.1) is 0 Å². The van der Waals surface area contributed by atoms with E-state index in [0.717, 1.165) is 6.21 Å². The summed E-state index contributed by atoms with van der Waals surface area (Å²) in [5, 5.41) is 14.4. The zero-order chi connectivity index (χ0) is 16.2. The van der Waals surface area contributed by atoms with Crippen molar-refractivity contribution in [1.82, 2.24) is 4.83 Å². The standard InChI is InChI=1S/C13H12N4O4S/c14-11-5-7-12(8-6-11)22(20,21)16-15-9-10-3-1-2-4-13(10)17(18)19/h1-9,16H,14H2/b15-9-. The summed E-state index contributed by atoms with van der Waals surface area (Å²) in [7, 11) is -3.85. The highest BCUT2D eigenvalue weighted by Gasteiger charge is 2.13. The van der Waals surface area contributed by atoms with Crippen LogP contribution in [-0.2, 0) is 10.0 Å². The molecule has 0 saturated carbocycles. The number of rotatable bonds is 5. The molecule has 0 aliphatic carbocycles. The quantitative estimate of drug-likeness (QED) is 0.373. The highest BCUT2D eigenvalue weighted by Crippen LogP contribution is 2.15. The van der Waals surface area contributed by atoms with Crippen molar-refractivity contribution in [2.75, 3.05) is 5.73 Å². The number of hydrogen-bond donors (Lipinski definition) is 2. The first-order valence-electron chi connectivity index (χ1n) is 6.04. The number of sulfonamides is 1. The number of para-hydroxylation sites is 1. The molecule has 0 aromatic heterocycles. The van der Waals surface area contributed by atoms with Crippen LogP contribution in [0.25, 0.3) is 0 Å². The lowest BCUT2D eigenvalue weighted by Crippen LogP contribution is -2.18. The Morgan fingerprint density at radius 3 is 2.41 bits per heavy atom. The number of nitrogens with two attached hydrogens (primary N) is 1. The monoisotopic (exact) mass is 320 g/mol. The van der Waals surface area contributed by atoms with Crippen LogP contribution < -0.4 is 10.6 Å². The van der Waals surface area contributed by atoms with Gasteiger partial charge in [0.05, 0.1) is 21.6 Å². The molecule has 0 aliphatic heterocycles. The van der Waals surface area contributed by atoms with E-state index >= 15 is 0 Å². The Hall–Kier alpha value is -2.94. The van der Waals surface area contributed by atoms with Crippen molar-refractivity contribution in [2.24, 2.45) is 5.10 Å². The van der Waals surface area contributed by atoms with Crippen LogP contribution in [0.3, 0.4) is 0 Å². The van der Waals surface area contributed by atoms with Crippen LogP contribution in [0, 0.1) is 10.1 Å². The molecule has 0 bridgehead atoms. The normalized spacial score (nSPS) is 11.5. The minimum atomic E-state index is -3.85. The van der Waals surface area contributed by atoms with Gasteiger partial charge in [0, 0.05) is 11.8 Å². The van der Waals surface area contributed by atoms with E-state index in [1.54, 1.807) is 6.07 Å². The smallest absolute Gasteiger partial charge is 0.278 e. The number of anilines is 1. The molecule has 8 nitrogen and oxygen atoms in total. The third kappa shape index (κ3) is 3.58. The molecule has 22 heavy (non-hydrogen) atoms. The first-order chi connectivity index (χ1) is 10.4. The molecule has 2 aromatic carbocycles. The van der Waals surface area contributed by atoms with Crippen molar-refractivity contribution < 1.29 is 13.3 Å². The Balaban J connectivity index is 2.19. The summed E-state index contributed by atoms with van der Waals surface area (Å²) in [4.78, 5) is 12.2. The van der Waals surface area contributed by atoms with E-state index in [9.17, 15) is 18.5 Å². The Labute approximate surface area is 126 Å². The van der Waals surface area contributed by atoms with Gasteiger partial charge in [-0.1, -0.05) is 12.1 Å². The number of benzene rings is 2. The molecule has 2 rings (SSSR count). The summed E-state index contributed by atoms with van der Waals surface area (Å²) in [5.41, 5.74) is 5.93. The van der Waals surface area contributed by atoms with Gasteiger partial charge in [-0.2, -0.15) is 13.5 Å². The van der Waals surface area contributed by atoms with Crippen LogP contribution >= 0.6 is 0 Å². The van der Waals surface area contributed by atoms with Crippen LogP contribution in [-0.4, -0.2) is 19.6 Å². The molecular formula is C13H12N4O4S. The maximum Gasteiger partial charge on any atom is 0.278 e. The second kappa shape index (κ2) is 6.22. The van der Waals surface area contributed by atoms with Gasteiger partial charge in [0.25, 0.3) is 15.7 Å². The maximum absolute atomic E-state index is 12.0. The van der Waals surface area contributed by atoms with Gasteiger partial charge >= 0.3 is 0 Å². The van der Waals surface area contributed by atoms with E-state index < -0.39 is 14.9 Å². The van der Waals surface area contributed by atoms with Gasteiger partial charge in [0.2, 0.25) is 0 Å². The minimum absolute atomic E-state index is 0.0126. The van der Waals surface area contributed by atoms with Gasteiger partial charge in [-0.3, -0.25) is 10.1 Å². The maximum atomic E-state index is 12.0. The van der Waals surface area contributed by atoms with Crippen molar-refractivity contribution in [3.8, 4) is 0 Å². The van der Waals surface area contributed by atoms with Gasteiger partial charge in [-0.25, -0.2) is 4.83 Å². The average Bonchev–Trinajstić information content (AvgIpc) is 2.48. The van der Waals surface area contributed by atoms with Crippen LogP contribution in [0.4, 0.5) is 11.4 Å². The van der Waals surface area contributed by atoms with Crippen molar-refractivity contribution in [2.45, 2.75) is 4.90 Å². The second-order valence-corrected chi connectivity index (χ2v) is 5.90. The van der Waals surface area contributed by atoms with Crippen LogP contribution in [0.5, 0.6) is 0 Å². The van der Waals surface area contributed by atoms with Crippen molar-refractivity contribution in [1.29, 1.82) is 0 Å². The fraction of sp³-hybridized carbons (Fsp3) is 0. The summed E-state index contributed by atoms with van der Waals surface area (Å²) in [6.45, 7) is 0. The fourth-order valence-corrected chi connectivity index (χ4v) is 2.42. The van der Waals surface area contributed by atoms with Gasteiger partial charge in [-0.05, 0) is 30.3 Å². The fourth-order valence-electron chi connectivity index (χ4n) is 1.63. The van der Waals surface area contributed by atoms with Gasteiger partial charge in [0.1, 0.15) is 0 Å². The molecule has 0 heterocycles. The molecule has 3 N–H and O–H groups in total. The van der Waals surface area contributed by atoms with E-state index in [1.165, 1.54) is 42.5 Å². The summed E-state index contributed by atoms with van der Waals surface area (Å²) >= 11 is 0. The minimum Gasteiger partial charge on any atom is -0.399 e. The molecule has 0 unspecified atom stereocenters. The van der Waals surface area contributed by atoms with E-state index in [2.05, 4.69) is 5.10 Å². The third-order valence-corrected chi connectivity index (χ3v) is 3.94. The van der Waals surface area contributed by atoms with E-state index in [0.29, 0.717) is 5.69 Å². The van der Waals surface area contributed by atoms with Crippen LogP contribution in [0.15, 0.2) is 58.5 Å². The Bertz CT molecular complexity index is 816. The van der Waals surface area contributed by atoms with Crippen LogP contribution in [0.1, 0.15) is 5.56 Å². The SMILES string of the molecule is Nc1ccc(S(=O)(=O)N/N=C\c2ccccc2[N+](=O)[O-])cc1. The zero-order valence-electron chi connectivity index (χ0n) is 11.2. The molecule has 0 fully saturated rings. The molecule has 0 radical (unpaired) electrons. The topological polar surface area (TPSA) is 128 Å². The molecule has 0 atom stereocenters. The number of nitrogen functional groups attached to an aromatic ring is 1. The highest BCUT2D eigenvalue weighted by molar-refractivity contribution is 7.89. The zero-order valence-corrected chi connectivity index (χ0v) is 12.0. The molecule has 0 spiro atoms. The Morgan fingerprint density at radius 2 is 1.77 bits per heavy atom. The molecule has 9 heteroatoms. The molecule has 0 saturated heterocycles. The largest absolute Gasteiger partial charge is 0.399 e. The summed E-state index contributed by atoms with van der Waals surface area (Å²) in [6, 6.07) is 11.4. The average molecular weight is 320 g/mol. The number of hydrazone groups is 1. The Kier molecular flexibility index (Phi) is 4.37. The molecule has 0 aliphatic rings. The summed E-state index contributed by atoms with van der Waals surface area (Å²) in [6.07, 6.45) is 1.08. The van der Waals surface area contributed by atoms with Crippen molar-refractivity contribution in [3.63, 3.8) is 0 Å². The summed E-state index contributed by atoms with van der Waals surface area (Å²) in [5.74, 6) is 0. The lowest BCUT2D eigenvalue weighted by Gasteiger charge is -2.03. The predicted molar refractivity (Wildman–Crippen MR) is 81.9 cm³/mol.